The average Bonchev–Trinajstić information content (AvgIpc) is 3.02. The summed E-state index contributed by atoms with van der Waals surface area (Å²) in [6, 6.07) is 19.2. The van der Waals surface area contributed by atoms with Crippen molar-refractivity contribution in [2.75, 3.05) is 6.61 Å². The summed E-state index contributed by atoms with van der Waals surface area (Å²) >= 11 is 0. The van der Waals surface area contributed by atoms with Gasteiger partial charge < -0.3 is 9.30 Å². The van der Waals surface area contributed by atoms with Crippen molar-refractivity contribution < 1.29 is 4.74 Å². The highest BCUT2D eigenvalue weighted by Crippen LogP contribution is 2.35. The quantitative estimate of drug-likeness (QED) is 0.678. The van der Waals surface area contributed by atoms with Crippen LogP contribution in [-0.2, 0) is 6.54 Å². The maximum Gasteiger partial charge on any atom is 0.122 e. The van der Waals surface area contributed by atoms with Crippen LogP contribution in [0.3, 0.4) is 0 Å². The fourth-order valence-electron chi connectivity index (χ4n) is 3.19. The van der Waals surface area contributed by atoms with Crippen LogP contribution in [-0.4, -0.2) is 11.2 Å². The van der Waals surface area contributed by atoms with Gasteiger partial charge in [-0.3, -0.25) is 0 Å². The second-order valence-corrected chi connectivity index (χ2v) is 5.50. The molecule has 0 radical (unpaired) electrons. The fourth-order valence-corrected chi connectivity index (χ4v) is 3.19. The van der Waals surface area contributed by atoms with Crippen molar-refractivity contribution in [1.29, 1.82) is 0 Å². The van der Waals surface area contributed by atoms with E-state index in [0.717, 1.165) is 18.9 Å². The van der Waals surface area contributed by atoms with Gasteiger partial charge in [0.05, 0.1) is 6.61 Å². The number of hydrogen-bond acceptors (Lipinski definition) is 1. The van der Waals surface area contributed by atoms with Gasteiger partial charge in [0.1, 0.15) is 5.75 Å². The Morgan fingerprint density at radius 3 is 2.85 bits per heavy atom. The van der Waals surface area contributed by atoms with Crippen molar-refractivity contribution in [2.45, 2.75) is 19.4 Å². The molecule has 0 aliphatic carbocycles. The maximum atomic E-state index is 5.80. The predicted molar refractivity (Wildman–Crippen MR) is 81.4 cm³/mol. The number of rotatable bonds is 2. The minimum absolute atomic E-state index is 0.445. The first-order chi connectivity index (χ1) is 9.83. The summed E-state index contributed by atoms with van der Waals surface area (Å²) < 4.78 is 8.21. The molecule has 1 atom stereocenters. The number of fused-ring (bicyclic) bond motifs is 2. The highest BCUT2D eigenvalue weighted by atomic mass is 16.5. The van der Waals surface area contributed by atoms with Crippen LogP contribution in [0.25, 0.3) is 10.9 Å². The minimum atomic E-state index is 0.445. The highest BCUT2D eigenvalue weighted by molar-refractivity contribution is 5.81. The van der Waals surface area contributed by atoms with Crippen molar-refractivity contribution >= 4 is 10.9 Å². The third-order valence-electron chi connectivity index (χ3n) is 4.22. The number of hydrogen-bond donors (Lipinski definition) is 0. The predicted octanol–water partition coefficient (Wildman–Crippen LogP) is 4.13. The molecule has 20 heavy (non-hydrogen) atoms. The van der Waals surface area contributed by atoms with E-state index in [-0.39, 0.29) is 0 Å². The lowest BCUT2D eigenvalue weighted by atomic mass is 10.0. The van der Waals surface area contributed by atoms with Crippen molar-refractivity contribution in [1.82, 2.24) is 4.57 Å². The van der Waals surface area contributed by atoms with Crippen LogP contribution in [0.2, 0.25) is 0 Å². The van der Waals surface area contributed by atoms with E-state index in [1.165, 1.54) is 22.2 Å². The Kier molecular flexibility index (Phi) is 2.56. The van der Waals surface area contributed by atoms with Crippen molar-refractivity contribution in [3.63, 3.8) is 0 Å². The summed E-state index contributed by atoms with van der Waals surface area (Å²) in [6.45, 7) is 3.95. The van der Waals surface area contributed by atoms with Gasteiger partial charge in [-0.05, 0) is 30.5 Å². The smallest absolute Gasteiger partial charge is 0.122 e. The number of benzene rings is 2. The molecule has 1 aromatic heterocycles. The van der Waals surface area contributed by atoms with E-state index < -0.39 is 0 Å². The zero-order valence-electron chi connectivity index (χ0n) is 11.5. The van der Waals surface area contributed by atoms with Gasteiger partial charge in [0.15, 0.2) is 0 Å². The second-order valence-electron chi connectivity index (χ2n) is 5.50. The van der Waals surface area contributed by atoms with Gasteiger partial charge in [-0.25, -0.2) is 0 Å². The molecule has 2 heterocycles. The average molecular weight is 263 g/mol. The number of aryl methyl sites for hydroxylation is 1. The van der Waals surface area contributed by atoms with E-state index in [9.17, 15) is 0 Å². The summed E-state index contributed by atoms with van der Waals surface area (Å²) in [5.74, 6) is 1.49. The monoisotopic (exact) mass is 263 g/mol. The Labute approximate surface area is 118 Å². The van der Waals surface area contributed by atoms with Gasteiger partial charge in [-0.15, -0.1) is 0 Å². The molecule has 2 nitrogen and oxygen atoms in total. The normalized spacial score (nSPS) is 17.1. The Balaban J connectivity index is 1.74. The van der Waals surface area contributed by atoms with Gasteiger partial charge in [-0.1, -0.05) is 36.4 Å². The lowest BCUT2D eigenvalue weighted by Crippen LogP contribution is -2.11. The maximum absolute atomic E-state index is 5.80. The molecule has 1 aliphatic rings. The minimum Gasteiger partial charge on any atom is -0.493 e. The second kappa shape index (κ2) is 4.41. The number of para-hydroxylation sites is 2. The molecule has 0 saturated heterocycles. The van der Waals surface area contributed by atoms with E-state index in [4.69, 9.17) is 4.74 Å². The first-order valence-electron chi connectivity index (χ1n) is 7.09. The van der Waals surface area contributed by atoms with Crippen molar-refractivity contribution in [2.24, 2.45) is 0 Å². The Bertz CT molecular complexity index is 772. The van der Waals surface area contributed by atoms with Crippen LogP contribution >= 0.6 is 0 Å². The molecule has 3 aromatic rings. The number of aromatic nitrogens is 1. The van der Waals surface area contributed by atoms with Gasteiger partial charge >= 0.3 is 0 Å². The van der Waals surface area contributed by atoms with Gasteiger partial charge in [0.2, 0.25) is 0 Å². The summed E-state index contributed by atoms with van der Waals surface area (Å²) in [6.07, 6.45) is 0. The lowest BCUT2D eigenvalue weighted by molar-refractivity contribution is 0.319. The molecule has 0 saturated carbocycles. The standard InChI is InChI=1S/C18H17NO/c1-13-10-14-6-2-4-8-17(14)19(13)11-15-12-20-18-9-5-3-7-16(15)18/h2-10,15H,11-12H2,1H3. The largest absolute Gasteiger partial charge is 0.493 e. The van der Waals surface area contributed by atoms with E-state index in [1.54, 1.807) is 0 Å². The van der Waals surface area contributed by atoms with Crippen molar-refractivity contribution in [3.8, 4) is 5.75 Å². The molecule has 1 aliphatic heterocycles. The van der Waals surface area contributed by atoms with Crippen LogP contribution in [0.5, 0.6) is 5.75 Å². The summed E-state index contributed by atoms with van der Waals surface area (Å²) in [5.41, 5.74) is 3.97. The molecule has 100 valence electrons. The number of nitrogens with zero attached hydrogens (tertiary/aromatic N) is 1. The molecule has 0 fully saturated rings. The zero-order valence-corrected chi connectivity index (χ0v) is 11.5. The third kappa shape index (κ3) is 1.72. The molecule has 0 bridgehead atoms. The molecule has 2 heteroatoms. The van der Waals surface area contributed by atoms with Crippen molar-refractivity contribution in [3.05, 3.63) is 65.9 Å². The fraction of sp³-hybridized carbons (Fsp3) is 0.222. The molecule has 1 unspecified atom stereocenters. The molecule has 2 aromatic carbocycles. The third-order valence-corrected chi connectivity index (χ3v) is 4.22. The summed E-state index contributed by atoms with van der Waals surface area (Å²) in [7, 11) is 0. The van der Waals surface area contributed by atoms with E-state index >= 15 is 0 Å². The lowest BCUT2D eigenvalue weighted by Gasteiger charge is -2.13. The van der Waals surface area contributed by atoms with Crippen LogP contribution in [0, 0.1) is 6.92 Å². The molecule has 0 N–H and O–H groups in total. The van der Waals surface area contributed by atoms with E-state index in [2.05, 4.69) is 60.0 Å². The molecule has 0 amide bonds. The van der Waals surface area contributed by atoms with Crippen LogP contribution < -0.4 is 4.74 Å². The first-order valence-corrected chi connectivity index (χ1v) is 7.09. The van der Waals surface area contributed by atoms with Crippen LogP contribution in [0.4, 0.5) is 0 Å². The Morgan fingerprint density at radius 1 is 1.10 bits per heavy atom. The van der Waals surface area contributed by atoms with Gasteiger partial charge in [0, 0.05) is 29.2 Å². The Morgan fingerprint density at radius 2 is 1.90 bits per heavy atom. The highest BCUT2D eigenvalue weighted by Gasteiger charge is 2.24. The Hall–Kier alpha value is -2.22. The summed E-state index contributed by atoms with van der Waals surface area (Å²) in [4.78, 5) is 0. The molecule has 0 spiro atoms. The molecule has 4 rings (SSSR count). The SMILES string of the molecule is Cc1cc2ccccc2n1CC1COc2ccccc21. The van der Waals surface area contributed by atoms with E-state index in [1.807, 2.05) is 6.07 Å². The van der Waals surface area contributed by atoms with Gasteiger partial charge in [-0.2, -0.15) is 0 Å². The van der Waals surface area contributed by atoms with Crippen LogP contribution in [0.15, 0.2) is 54.6 Å². The van der Waals surface area contributed by atoms with E-state index in [0.29, 0.717) is 5.92 Å². The molecular formula is C18H17NO. The zero-order chi connectivity index (χ0) is 13.5. The topological polar surface area (TPSA) is 14.2 Å². The first kappa shape index (κ1) is 11.6. The molecular weight excluding hydrogens is 246 g/mol. The van der Waals surface area contributed by atoms with Gasteiger partial charge in [0.25, 0.3) is 0 Å². The van der Waals surface area contributed by atoms with Crippen LogP contribution in [0.1, 0.15) is 17.2 Å². The number of ether oxygens (including phenoxy) is 1. The summed E-state index contributed by atoms with van der Waals surface area (Å²) in [5, 5.41) is 1.32.